The highest BCUT2D eigenvalue weighted by Gasteiger charge is 2.22. The average Bonchev–Trinajstić information content (AvgIpc) is 3.42. The lowest BCUT2D eigenvalue weighted by molar-refractivity contribution is 1.28. The van der Waals surface area contributed by atoms with E-state index >= 15 is 0 Å². The van der Waals surface area contributed by atoms with E-state index in [1.54, 1.807) is 0 Å². The van der Waals surface area contributed by atoms with Gasteiger partial charge in [-0.15, -0.1) is 0 Å². The van der Waals surface area contributed by atoms with E-state index in [-0.39, 0.29) is 0 Å². The first kappa shape index (κ1) is 39.8. The van der Waals surface area contributed by atoms with Crippen LogP contribution in [0.2, 0.25) is 0 Å². The number of para-hydroxylation sites is 1. The lowest BCUT2D eigenvalue weighted by Gasteiger charge is -2.29. The molecule has 0 aromatic heterocycles. The maximum atomic E-state index is 2.41. The van der Waals surface area contributed by atoms with E-state index in [0.29, 0.717) is 0 Å². The first-order valence-corrected chi connectivity index (χ1v) is 23.1. The van der Waals surface area contributed by atoms with Crippen LogP contribution < -0.4 is 4.90 Å². The van der Waals surface area contributed by atoms with E-state index in [2.05, 4.69) is 278 Å². The van der Waals surface area contributed by atoms with Crippen LogP contribution in [0.4, 0.5) is 17.1 Å². The standard InChI is InChI=1S/C66H45N/c1-6-20-46(21-7-1)53-44-62(49-24-10-3-11-25-49)66(63(45-53)50-26-12-4-13-27-50)52-37-41-65(61(43-52)48-22-8-2-9-23-48)67(54-28-14-5-15-29-54)55-38-34-47(35-39-55)51-36-40-60-58-32-17-16-30-56(58)57-31-18-19-33-59(57)64(60)42-51/h1-45H. The highest BCUT2D eigenvalue weighted by atomic mass is 15.1. The second-order valence-electron chi connectivity index (χ2n) is 17.2. The number of nitrogens with zero attached hydrogens (tertiary/aromatic N) is 1. The van der Waals surface area contributed by atoms with Crippen molar-refractivity contribution < 1.29 is 0 Å². The Bertz CT molecular complexity index is 3600. The van der Waals surface area contributed by atoms with Crippen LogP contribution in [-0.4, -0.2) is 0 Å². The molecule has 314 valence electrons. The molecule has 0 aliphatic carbocycles. The molecule has 0 saturated heterocycles. The van der Waals surface area contributed by atoms with Crippen LogP contribution in [0, 0.1) is 0 Å². The number of anilines is 3. The lowest BCUT2D eigenvalue weighted by atomic mass is 9.83. The van der Waals surface area contributed by atoms with Gasteiger partial charge in [0.15, 0.2) is 0 Å². The fourth-order valence-corrected chi connectivity index (χ4v) is 10.1. The van der Waals surface area contributed by atoms with Crippen molar-refractivity contribution in [2.24, 2.45) is 0 Å². The van der Waals surface area contributed by atoms with Crippen LogP contribution >= 0.6 is 0 Å². The molecule has 12 rings (SSSR count). The summed E-state index contributed by atoms with van der Waals surface area (Å²) >= 11 is 0. The Morgan fingerprint density at radius 1 is 0.194 bits per heavy atom. The van der Waals surface area contributed by atoms with Gasteiger partial charge in [0.1, 0.15) is 0 Å². The topological polar surface area (TPSA) is 3.24 Å². The minimum Gasteiger partial charge on any atom is -0.310 e. The molecule has 0 spiro atoms. The van der Waals surface area contributed by atoms with Crippen LogP contribution in [-0.2, 0) is 0 Å². The van der Waals surface area contributed by atoms with Crippen LogP contribution in [0.1, 0.15) is 0 Å². The van der Waals surface area contributed by atoms with Crippen LogP contribution in [0.15, 0.2) is 273 Å². The lowest BCUT2D eigenvalue weighted by Crippen LogP contribution is -2.11. The molecule has 0 unspecified atom stereocenters. The molecule has 0 N–H and O–H groups in total. The zero-order valence-electron chi connectivity index (χ0n) is 36.9. The summed E-state index contributed by atoms with van der Waals surface area (Å²) in [7, 11) is 0. The molecule has 0 aliphatic rings. The third-order valence-electron chi connectivity index (χ3n) is 13.2. The summed E-state index contributed by atoms with van der Waals surface area (Å²) in [6.45, 7) is 0. The smallest absolute Gasteiger partial charge is 0.0540 e. The number of rotatable bonds is 9. The second-order valence-corrected chi connectivity index (χ2v) is 17.2. The van der Waals surface area contributed by atoms with Crippen LogP contribution in [0.25, 0.3) is 99.1 Å². The minimum absolute atomic E-state index is 1.08. The summed E-state index contributed by atoms with van der Waals surface area (Å²) in [5.41, 5.74) is 17.4. The molecule has 1 nitrogen and oxygen atoms in total. The molecular weight excluding hydrogens is 807 g/mol. The third-order valence-corrected chi connectivity index (χ3v) is 13.2. The molecular formula is C66H45N. The van der Waals surface area contributed by atoms with Gasteiger partial charge in [-0.2, -0.15) is 0 Å². The maximum absolute atomic E-state index is 2.41. The van der Waals surface area contributed by atoms with Crippen molar-refractivity contribution >= 4 is 49.4 Å². The zero-order chi connectivity index (χ0) is 44.5. The molecule has 0 bridgehead atoms. The van der Waals surface area contributed by atoms with Crippen LogP contribution in [0.3, 0.4) is 0 Å². The number of benzene rings is 12. The van der Waals surface area contributed by atoms with Crippen molar-refractivity contribution in [2.45, 2.75) is 0 Å². The molecule has 12 aromatic carbocycles. The predicted molar refractivity (Wildman–Crippen MR) is 286 cm³/mol. The third kappa shape index (κ3) is 7.43. The van der Waals surface area contributed by atoms with E-state index in [4.69, 9.17) is 0 Å². The summed E-state index contributed by atoms with van der Waals surface area (Å²) in [4.78, 5) is 2.41. The Hall–Kier alpha value is -8.78. The summed E-state index contributed by atoms with van der Waals surface area (Å²) < 4.78 is 0. The Balaban J connectivity index is 1.03. The van der Waals surface area contributed by atoms with E-state index < -0.39 is 0 Å². The van der Waals surface area contributed by atoms with Crippen molar-refractivity contribution in [2.75, 3.05) is 4.90 Å². The predicted octanol–water partition coefficient (Wildman–Crippen LogP) is 18.6. The molecule has 67 heavy (non-hydrogen) atoms. The van der Waals surface area contributed by atoms with Gasteiger partial charge in [-0.05, 0) is 148 Å². The zero-order valence-corrected chi connectivity index (χ0v) is 36.9. The van der Waals surface area contributed by atoms with Gasteiger partial charge in [-0.3, -0.25) is 0 Å². The van der Waals surface area contributed by atoms with Gasteiger partial charge in [-0.25, -0.2) is 0 Å². The quantitative estimate of drug-likeness (QED) is 0.131. The first-order valence-electron chi connectivity index (χ1n) is 23.1. The van der Waals surface area contributed by atoms with Crippen LogP contribution in [0.5, 0.6) is 0 Å². The highest BCUT2D eigenvalue weighted by Crippen LogP contribution is 2.48. The minimum atomic E-state index is 1.08. The average molecular weight is 852 g/mol. The van der Waals surface area contributed by atoms with Gasteiger partial charge in [0, 0.05) is 16.9 Å². The van der Waals surface area contributed by atoms with Crippen molar-refractivity contribution in [3.63, 3.8) is 0 Å². The Labute approximate surface area is 392 Å². The molecule has 0 saturated carbocycles. The van der Waals surface area contributed by atoms with Gasteiger partial charge in [0.25, 0.3) is 0 Å². The summed E-state index contributed by atoms with van der Waals surface area (Å²) in [5.74, 6) is 0. The molecule has 0 heterocycles. The van der Waals surface area contributed by atoms with E-state index in [1.165, 1.54) is 82.4 Å². The fourth-order valence-electron chi connectivity index (χ4n) is 10.1. The van der Waals surface area contributed by atoms with Crippen molar-refractivity contribution in [1.82, 2.24) is 0 Å². The normalized spacial score (nSPS) is 11.3. The SMILES string of the molecule is c1ccc(-c2cc(-c3ccccc3)c(-c3ccc(N(c4ccccc4)c4ccc(-c5ccc6c7ccccc7c7ccccc7c6c5)cc4)c(-c4ccccc4)c3)c(-c3ccccc3)c2)cc1. The number of fused-ring (bicyclic) bond motifs is 6. The summed E-state index contributed by atoms with van der Waals surface area (Å²) in [6.07, 6.45) is 0. The van der Waals surface area contributed by atoms with Crippen molar-refractivity contribution in [3.8, 4) is 66.8 Å². The highest BCUT2D eigenvalue weighted by molar-refractivity contribution is 6.25. The Morgan fingerprint density at radius 2 is 0.552 bits per heavy atom. The summed E-state index contributed by atoms with van der Waals surface area (Å²) in [5, 5.41) is 7.69. The molecule has 0 fully saturated rings. The van der Waals surface area contributed by atoms with E-state index in [9.17, 15) is 0 Å². The molecule has 0 amide bonds. The summed E-state index contributed by atoms with van der Waals surface area (Å²) in [6, 6.07) is 99.5. The van der Waals surface area contributed by atoms with Gasteiger partial charge >= 0.3 is 0 Å². The molecule has 1 heteroatoms. The Kier molecular flexibility index (Phi) is 10.3. The van der Waals surface area contributed by atoms with E-state index in [0.717, 1.165) is 33.8 Å². The van der Waals surface area contributed by atoms with Gasteiger partial charge < -0.3 is 4.90 Å². The van der Waals surface area contributed by atoms with E-state index in [1.807, 2.05) is 0 Å². The number of hydrogen-bond donors (Lipinski definition) is 0. The largest absolute Gasteiger partial charge is 0.310 e. The second kappa shape index (κ2) is 17.3. The number of hydrogen-bond acceptors (Lipinski definition) is 1. The fraction of sp³-hybridized carbons (Fsp3) is 0. The van der Waals surface area contributed by atoms with Gasteiger partial charge in [-0.1, -0.05) is 218 Å². The van der Waals surface area contributed by atoms with Gasteiger partial charge in [0.05, 0.1) is 5.69 Å². The van der Waals surface area contributed by atoms with Crippen molar-refractivity contribution in [3.05, 3.63) is 273 Å². The molecule has 0 atom stereocenters. The van der Waals surface area contributed by atoms with Gasteiger partial charge in [0.2, 0.25) is 0 Å². The molecule has 0 aliphatic heterocycles. The maximum Gasteiger partial charge on any atom is 0.0540 e. The monoisotopic (exact) mass is 851 g/mol. The molecule has 12 aromatic rings. The van der Waals surface area contributed by atoms with Crippen molar-refractivity contribution in [1.29, 1.82) is 0 Å². The molecule has 0 radical (unpaired) electrons. The Morgan fingerprint density at radius 3 is 1.07 bits per heavy atom. The first-order chi connectivity index (χ1) is 33.2.